The minimum Gasteiger partial charge on any atom is -0.398 e. The predicted octanol–water partition coefficient (Wildman–Crippen LogP) is 5.45. The Morgan fingerprint density at radius 1 is 0.962 bits per heavy atom. The molecule has 0 fully saturated rings. The summed E-state index contributed by atoms with van der Waals surface area (Å²) < 4.78 is 12.6. The number of rotatable bonds is 4. The van der Waals surface area contributed by atoms with Gasteiger partial charge in [-0.2, -0.15) is 0 Å². The molecule has 0 radical (unpaired) electrons. The van der Waals surface area contributed by atoms with Gasteiger partial charge in [-0.05, 0) is 41.0 Å². The van der Waals surface area contributed by atoms with Gasteiger partial charge < -0.3 is 10.7 Å². The Kier molecular flexibility index (Phi) is 4.23. The number of nitrogen functional groups attached to an aromatic ring is 1. The second-order valence-electron chi connectivity index (χ2n) is 6.15. The van der Waals surface area contributed by atoms with Crippen LogP contribution < -0.4 is 5.73 Å². The van der Waals surface area contributed by atoms with Crippen LogP contribution in [0.15, 0.2) is 66.7 Å². The van der Waals surface area contributed by atoms with Crippen LogP contribution in [-0.4, -0.2) is 9.97 Å². The molecule has 0 unspecified atom stereocenters. The van der Waals surface area contributed by atoms with Gasteiger partial charge in [-0.15, -0.1) is 0 Å². The number of H-pyrrole nitrogens is 1. The molecule has 0 saturated heterocycles. The fourth-order valence-electron chi connectivity index (χ4n) is 2.93. The summed E-state index contributed by atoms with van der Waals surface area (Å²) in [4.78, 5) is 7.90. The molecule has 4 rings (SSSR count). The van der Waals surface area contributed by atoms with Crippen molar-refractivity contribution in [3.63, 3.8) is 0 Å². The Balaban J connectivity index is 1.63. The largest absolute Gasteiger partial charge is 0.398 e. The minimum absolute atomic E-state index is 0.443. The molecule has 0 saturated carbocycles. The molecule has 3 nitrogen and oxygen atoms in total. The van der Waals surface area contributed by atoms with Crippen LogP contribution >= 0.6 is 0 Å². The standard InChI is InChI=1S/C22H18FN3/c23-14-16-7-5-15(6-8-16)9-12-22-25-20-11-10-17(13-21(20)26-22)18-3-1-2-4-19(18)24/h1-13H,14,24H2,(H,25,26)/b12-9+. The lowest BCUT2D eigenvalue weighted by Gasteiger charge is -2.04. The highest BCUT2D eigenvalue weighted by Gasteiger charge is 2.05. The molecule has 128 valence electrons. The Morgan fingerprint density at radius 3 is 2.54 bits per heavy atom. The summed E-state index contributed by atoms with van der Waals surface area (Å²) in [7, 11) is 0. The van der Waals surface area contributed by atoms with Gasteiger partial charge in [0.2, 0.25) is 0 Å². The first-order valence-corrected chi connectivity index (χ1v) is 8.40. The molecule has 3 N–H and O–H groups in total. The smallest absolute Gasteiger partial charge is 0.131 e. The molecule has 1 aromatic heterocycles. The fraction of sp³-hybridized carbons (Fsp3) is 0.0455. The molecule has 0 atom stereocenters. The summed E-state index contributed by atoms with van der Waals surface area (Å²) in [5.41, 5.74) is 12.4. The summed E-state index contributed by atoms with van der Waals surface area (Å²) in [5, 5.41) is 0. The van der Waals surface area contributed by atoms with E-state index in [-0.39, 0.29) is 0 Å². The van der Waals surface area contributed by atoms with Crippen LogP contribution in [0.25, 0.3) is 34.3 Å². The third-order valence-corrected chi connectivity index (χ3v) is 4.34. The van der Waals surface area contributed by atoms with Gasteiger partial charge in [0.1, 0.15) is 12.5 Å². The number of alkyl halides is 1. The zero-order valence-corrected chi connectivity index (χ0v) is 14.1. The Hall–Kier alpha value is -3.40. The van der Waals surface area contributed by atoms with Crippen molar-refractivity contribution >= 4 is 28.9 Å². The predicted molar refractivity (Wildman–Crippen MR) is 106 cm³/mol. The SMILES string of the molecule is Nc1ccccc1-c1ccc2nc(/C=C/c3ccc(CF)cc3)[nH]c2c1. The quantitative estimate of drug-likeness (QED) is 0.484. The molecule has 1 heterocycles. The maximum absolute atomic E-state index is 12.6. The van der Waals surface area contributed by atoms with Crippen LogP contribution in [0.1, 0.15) is 17.0 Å². The third-order valence-electron chi connectivity index (χ3n) is 4.34. The van der Waals surface area contributed by atoms with Gasteiger partial charge in [-0.1, -0.05) is 54.6 Å². The van der Waals surface area contributed by atoms with E-state index < -0.39 is 6.67 Å². The first-order chi connectivity index (χ1) is 12.7. The molecule has 0 aliphatic rings. The Bertz CT molecular complexity index is 1080. The van der Waals surface area contributed by atoms with Crippen LogP contribution in [0, 0.1) is 0 Å². The number of halogens is 1. The normalized spacial score (nSPS) is 11.4. The highest BCUT2D eigenvalue weighted by atomic mass is 19.1. The van der Waals surface area contributed by atoms with Crippen molar-refractivity contribution in [1.29, 1.82) is 0 Å². The van der Waals surface area contributed by atoms with E-state index in [4.69, 9.17) is 5.73 Å². The highest BCUT2D eigenvalue weighted by Crippen LogP contribution is 2.28. The van der Waals surface area contributed by atoms with E-state index in [1.54, 1.807) is 12.1 Å². The van der Waals surface area contributed by atoms with Crippen LogP contribution in [0.2, 0.25) is 0 Å². The van der Waals surface area contributed by atoms with Crippen molar-refractivity contribution in [3.05, 3.63) is 83.7 Å². The maximum Gasteiger partial charge on any atom is 0.131 e. The van der Waals surface area contributed by atoms with Crippen molar-refractivity contribution in [3.8, 4) is 11.1 Å². The van der Waals surface area contributed by atoms with Crippen molar-refractivity contribution in [1.82, 2.24) is 9.97 Å². The van der Waals surface area contributed by atoms with E-state index in [1.807, 2.05) is 60.7 Å². The first-order valence-electron chi connectivity index (χ1n) is 8.40. The topological polar surface area (TPSA) is 54.7 Å². The maximum atomic E-state index is 12.6. The lowest BCUT2D eigenvalue weighted by Crippen LogP contribution is -1.88. The number of anilines is 1. The van der Waals surface area contributed by atoms with E-state index in [9.17, 15) is 4.39 Å². The average molecular weight is 343 g/mol. The van der Waals surface area contributed by atoms with Gasteiger partial charge in [-0.3, -0.25) is 0 Å². The molecule has 4 aromatic rings. The second-order valence-corrected chi connectivity index (χ2v) is 6.15. The second kappa shape index (κ2) is 6.84. The molecular formula is C22H18FN3. The van der Waals surface area contributed by atoms with E-state index >= 15 is 0 Å². The van der Waals surface area contributed by atoms with Crippen LogP contribution in [-0.2, 0) is 6.67 Å². The fourth-order valence-corrected chi connectivity index (χ4v) is 2.93. The number of nitrogens with one attached hydrogen (secondary N) is 1. The monoisotopic (exact) mass is 343 g/mol. The number of nitrogens with two attached hydrogens (primary N) is 1. The lowest BCUT2D eigenvalue weighted by molar-refractivity contribution is 0.485. The number of nitrogens with zero attached hydrogens (tertiary/aromatic N) is 1. The van der Waals surface area contributed by atoms with Crippen molar-refractivity contribution < 1.29 is 4.39 Å². The highest BCUT2D eigenvalue weighted by molar-refractivity contribution is 5.86. The zero-order valence-electron chi connectivity index (χ0n) is 14.1. The average Bonchev–Trinajstić information content (AvgIpc) is 3.09. The van der Waals surface area contributed by atoms with E-state index in [1.165, 1.54) is 0 Å². The molecule has 26 heavy (non-hydrogen) atoms. The summed E-state index contributed by atoms with van der Waals surface area (Å²) in [6, 6.07) is 21.2. The molecule has 0 aliphatic heterocycles. The molecule has 4 heteroatoms. The third kappa shape index (κ3) is 3.22. The van der Waals surface area contributed by atoms with Crippen LogP contribution in [0.3, 0.4) is 0 Å². The number of hydrogen-bond donors (Lipinski definition) is 2. The molecule has 3 aromatic carbocycles. The number of hydrogen-bond acceptors (Lipinski definition) is 2. The van der Waals surface area contributed by atoms with Crippen LogP contribution in [0.4, 0.5) is 10.1 Å². The zero-order chi connectivity index (χ0) is 17.9. The Morgan fingerprint density at radius 2 is 1.77 bits per heavy atom. The Labute approximate surface area is 151 Å². The number of para-hydroxylation sites is 1. The van der Waals surface area contributed by atoms with Gasteiger partial charge in [0.15, 0.2) is 0 Å². The molecule has 0 aliphatic carbocycles. The van der Waals surface area contributed by atoms with Gasteiger partial charge in [-0.25, -0.2) is 9.37 Å². The number of fused-ring (bicyclic) bond motifs is 1. The molecule has 0 bridgehead atoms. The summed E-state index contributed by atoms with van der Waals surface area (Å²) >= 11 is 0. The van der Waals surface area contributed by atoms with E-state index in [2.05, 4.69) is 16.0 Å². The van der Waals surface area contributed by atoms with E-state index in [0.717, 1.165) is 39.2 Å². The number of aromatic amines is 1. The van der Waals surface area contributed by atoms with Gasteiger partial charge in [0.25, 0.3) is 0 Å². The molecular weight excluding hydrogens is 325 g/mol. The summed E-state index contributed by atoms with van der Waals surface area (Å²) in [6.07, 6.45) is 3.87. The van der Waals surface area contributed by atoms with Crippen molar-refractivity contribution in [2.75, 3.05) is 5.73 Å². The van der Waals surface area contributed by atoms with Gasteiger partial charge in [0.05, 0.1) is 11.0 Å². The van der Waals surface area contributed by atoms with Gasteiger partial charge >= 0.3 is 0 Å². The van der Waals surface area contributed by atoms with Gasteiger partial charge in [0, 0.05) is 11.3 Å². The summed E-state index contributed by atoms with van der Waals surface area (Å²) in [5.74, 6) is 0.771. The lowest BCUT2D eigenvalue weighted by atomic mass is 10.0. The number of aromatic nitrogens is 2. The van der Waals surface area contributed by atoms with Crippen molar-refractivity contribution in [2.24, 2.45) is 0 Å². The molecule has 0 amide bonds. The van der Waals surface area contributed by atoms with Crippen LogP contribution in [0.5, 0.6) is 0 Å². The van der Waals surface area contributed by atoms with E-state index in [0.29, 0.717) is 5.56 Å². The first kappa shape index (κ1) is 16.1. The minimum atomic E-state index is -0.443. The molecule has 0 spiro atoms. The van der Waals surface area contributed by atoms with Crippen molar-refractivity contribution in [2.45, 2.75) is 6.67 Å². The number of imidazole rings is 1. The number of benzene rings is 3. The summed E-state index contributed by atoms with van der Waals surface area (Å²) in [6.45, 7) is -0.443.